The van der Waals surface area contributed by atoms with E-state index in [1.165, 1.54) is 6.08 Å². The SMILES string of the molecule is Cc1cc(NC(=O)C=Cc2ccccc2Br)n[nH]1. The van der Waals surface area contributed by atoms with Crippen LogP contribution in [0.2, 0.25) is 0 Å². The van der Waals surface area contributed by atoms with Gasteiger partial charge in [0.1, 0.15) is 0 Å². The molecule has 0 aliphatic rings. The number of hydrogen-bond acceptors (Lipinski definition) is 2. The van der Waals surface area contributed by atoms with Gasteiger partial charge in [0, 0.05) is 22.3 Å². The molecule has 0 unspecified atom stereocenters. The molecule has 0 saturated carbocycles. The minimum absolute atomic E-state index is 0.211. The van der Waals surface area contributed by atoms with Gasteiger partial charge < -0.3 is 5.32 Å². The molecule has 2 rings (SSSR count). The van der Waals surface area contributed by atoms with Crippen molar-refractivity contribution in [3.63, 3.8) is 0 Å². The Morgan fingerprint density at radius 2 is 2.22 bits per heavy atom. The summed E-state index contributed by atoms with van der Waals surface area (Å²) in [6.07, 6.45) is 3.23. The Hall–Kier alpha value is -1.88. The van der Waals surface area contributed by atoms with Crippen LogP contribution in [0.4, 0.5) is 5.82 Å². The van der Waals surface area contributed by atoms with Crippen LogP contribution in [0.1, 0.15) is 11.3 Å². The van der Waals surface area contributed by atoms with Crippen LogP contribution in [0.15, 0.2) is 40.9 Å². The maximum Gasteiger partial charge on any atom is 0.249 e. The Labute approximate surface area is 113 Å². The van der Waals surface area contributed by atoms with Crippen LogP contribution >= 0.6 is 15.9 Å². The Balaban J connectivity index is 2.01. The summed E-state index contributed by atoms with van der Waals surface area (Å²) in [6, 6.07) is 9.46. The number of rotatable bonds is 3. The van der Waals surface area contributed by atoms with Crippen LogP contribution < -0.4 is 5.32 Å². The molecule has 4 nitrogen and oxygen atoms in total. The number of H-pyrrole nitrogens is 1. The quantitative estimate of drug-likeness (QED) is 0.856. The number of nitrogens with one attached hydrogen (secondary N) is 2. The summed E-state index contributed by atoms with van der Waals surface area (Å²) in [7, 11) is 0. The first kappa shape index (κ1) is 12.6. The largest absolute Gasteiger partial charge is 0.306 e. The molecule has 0 atom stereocenters. The number of nitrogens with zero attached hydrogens (tertiary/aromatic N) is 1. The second-order valence-electron chi connectivity index (χ2n) is 3.78. The molecule has 1 aromatic heterocycles. The smallest absolute Gasteiger partial charge is 0.249 e. The minimum atomic E-state index is -0.211. The Bertz CT molecular complexity index is 589. The molecular weight excluding hydrogens is 294 g/mol. The molecule has 2 N–H and O–H groups in total. The van der Waals surface area contributed by atoms with Gasteiger partial charge in [0.05, 0.1) is 0 Å². The molecule has 92 valence electrons. The van der Waals surface area contributed by atoms with E-state index in [9.17, 15) is 4.79 Å². The van der Waals surface area contributed by atoms with Crippen LogP contribution in [0.3, 0.4) is 0 Å². The molecule has 1 heterocycles. The number of halogens is 1. The van der Waals surface area contributed by atoms with Gasteiger partial charge in [-0.05, 0) is 24.6 Å². The lowest BCUT2D eigenvalue weighted by atomic mass is 10.2. The lowest BCUT2D eigenvalue weighted by Gasteiger charge is -1.98. The predicted molar refractivity (Wildman–Crippen MR) is 75.1 cm³/mol. The molecule has 0 spiro atoms. The molecule has 0 radical (unpaired) electrons. The number of aryl methyl sites for hydroxylation is 1. The Morgan fingerprint density at radius 1 is 1.44 bits per heavy atom. The normalized spacial score (nSPS) is 10.8. The lowest BCUT2D eigenvalue weighted by molar-refractivity contribution is -0.111. The third-order valence-electron chi connectivity index (χ3n) is 2.28. The van der Waals surface area contributed by atoms with Crippen LogP contribution in [0.25, 0.3) is 6.08 Å². The summed E-state index contributed by atoms with van der Waals surface area (Å²) in [5.74, 6) is 0.312. The zero-order chi connectivity index (χ0) is 13.0. The van der Waals surface area contributed by atoms with Crippen LogP contribution in [-0.2, 0) is 4.79 Å². The van der Waals surface area contributed by atoms with E-state index in [2.05, 4.69) is 31.4 Å². The summed E-state index contributed by atoms with van der Waals surface area (Å²) in [4.78, 5) is 11.6. The Morgan fingerprint density at radius 3 is 2.89 bits per heavy atom. The van der Waals surface area contributed by atoms with Crippen molar-refractivity contribution in [3.05, 3.63) is 52.1 Å². The van der Waals surface area contributed by atoms with E-state index in [0.29, 0.717) is 5.82 Å². The molecule has 2 aromatic rings. The minimum Gasteiger partial charge on any atom is -0.306 e. The Kier molecular flexibility index (Phi) is 3.94. The molecule has 18 heavy (non-hydrogen) atoms. The van der Waals surface area contributed by atoms with E-state index in [4.69, 9.17) is 0 Å². The van der Waals surface area contributed by atoms with E-state index in [0.717, 1.165) is 15.7 Å². The van der Waals surface area contributed by atoms with E-state index in [1.54, 1.807) is 12.1 Å². The van der Waals surface area contributed by atoms with Crippen LogP contribution in [0.5, 0.6) is 0 Å². The molecule has 5 heteroatoms. The van der Waals surface area contributed by atoms with E-state index in [1.807, 2.05) is 31.2 Å². The molecule has 0 bridgehead atoms. The van der Waals surface area contributed by atoms with Crippen molar-refractivity contribution in [2.75, 3.05) is 5.32 Å². The van der Waals surface area contributed by atoms with Crippen molar-refractivity contribution < 1.29 is 4.79 Å². The number of hydrogen-bond donors (Lipinski definition) is 2. The topological polar surface area (TPSA) is 57.8 Å². The molecule has 0 aliphatic carbocycles. The van der Waals surface area contributed by atoms with Gasteiger partial charge in [0.2, 0.25) is 5.91 Å². The second kappa shape index (κ2) is 5.64. The fraction of sp³-hybridized carbons (Fsp3) is 0.0769. The maximum absolute atomic E-state index is 11.6. The number of anilines is 1. The molecule has 0 saturated heterocycles. The first-order valence-corrected chi connectivity index (χ1v) is 6.20. The summed E-state index contributed by atoms with van der Waals surface area (Å²) >= 11 is 3.42. The highest BCUT2D eigenvalue weighted by Crippen LogP contribution is 2.17. The third-order valence-corrected chi connectivity index (χ3v) is 3.00. The standard InChI is InChI=1S/C13H12BrN3O/c1-9-8-12(17-16-9)15-13(18)7-6-10-4-2-3-5-11(10)14/h2-8H,1H3,(H2,15,16,17,18). The van der Waals surface area contributed by atoms with Crippen LogP contribution in [-0.4, -0.2) is 16.1 Å². The fourth-order valence-corrected chi connectivity index (χ4v) is 1.84. The lowest BCUT2D eigenvalue weighted by Crippen LogP contribution is -2.07. The van der Waals surface area contributed by atoms with Gasteiger partial charge in [-0.15, -0.1) is 0 Å². The maximum atomic E-state index is 11.6. The average molecular weight is 306 g/mol. The van der Waals surface area contributed by atoms with Gasteiger partial charge in [0.15, 0.2) is 5.82 Å². The highest BCUT2D eigenvalue weighted by Gasteiger charge is 2.01. The summed E-state index contributed by atoms with van der Waals surface area (Å²) < 4.78 is 0.949. The van der Waals surface area contributed by atoms with Gasteiger partial charge in [-0.1, -0.05) is 34.1 Å². The first-order valence-electron chi connectivity index (χ1n) is 5.41. The van der Waals surface area contributed by atoms with Crippen molar-refractivity contribution in [1.82, 2.24) is 10.2 Å². The first-order chi connectivity index (χ1) is 8.65. The van der Waals surface area contributed by atoms with Crippen molar-refractivity contribution in [3.8, 4) is 0 Å². The monoisotopic (exact) mass is 305 g/mol. The van der Waals surface area contributed by atoms with E-state index < -0.39 is 0 Å². The average Bonchev–Trinajstić information content (AvgIpc) is 2.74. The predicted octanol–water partition coefficient (Wildman–Crippen LogP) is 3.13. The molecule has 0 aliphatic heterocycles. The van der Waals surface area contributed by atoms with Crippen molar-refractivity contribution >= 4 is 33.7 Å². The fourth-order valence-electron chi connectivity index (χ4n) is 1.43. The number of carbonyl (C=O) groups is 1. The zero-order valence-corrected chi connectivity index (χ0v) is 11.4. The van der Waals surface area contributed by atoms with E-state index in [-0.39, 0.29) is 5.91 Å². The summed E-state index contributed by atoms with van der Waals surface area (Å²) in [6.45, 7) is 1.87. The van der Waals surface area contributed by atoms with Gasteiger partial charge in [-0.25, -0.2) is 0 Å². The second-order valence-corrected chi connectivity index (χ2v) is 4.63. The van der Waals surface area contributed by atoms with Crippen molar-refractivity contribution in [1.29, 1.82) is 0 Å². The van der Waals surface area contributed by atoms with Crippen LogP contribution in [0, 0.1) is 6.92 Å². The number of benzene rings is 1. The number of aromatic nitrogens is 2. The zero-order valence-electron chi connectivity index (χ0n) is 9.77. The summed E-state index contributed by atoms with van der Waals surface area (Å²) in [5.41, 5.74) is 1.85. The molecular formula is C13H12BrN3O. The van der Waals surface area contributed by atoms with Gasteiger partial charge in [0.25, 0.3) is 0 Å². The highest BCUT2D eigenvalue weighted by molar-refractivity contribution is 9.10. The molecule has 1 aromatic carbocycles. The van der Waals surface area contributed by atoms with Gasteiger partial charge in [-0.3, -0.25) is 9.89 Å². The third kappa shape index (κ3) is 3.30. The summed E-state index contributed by atoms with van der Waals surface area (Å²) in [5, 5.41) is 9.36. The van der Waals surface area contributed by atoms with Crippen molar-refractivity contribution in [2.24, 2.45) is 0 Å². The van der Waals surface area contributed by atoms with Gasteiger partial charge in [-0.2, -0.15) is 5.10 Å². The van der Waals surface area contributed by atoms with Gasteiger partial charge >= 0.3 is 0 Å². The number of aromatic amines is 1. The molecule has 1 amide bonds. The number of carbonyl (C=O) groups excluding carboxylic acids is 1. The highest BCUT2D eigenvalue weighted by atomic mass is 79.9. The number of amides is 1. The molecule has 0 fully saturated rings. The van der Waals surface area contributed by atoms with E-state index >= 15 is 0 Å². The van der Waals surface area contributed by atoms with Crippen molar-refractivity contribution in [2.45, 2.75) is 6.92 Å².